The normalized spacial score (nSPS) is 10.2. The first-order valence-electron chi connectivity index (χ1n) is 8.63. The monoisotopic (exact) mass is 372 g/mol. The quantitative estimate of drug-likeness (QED) is 0.494. The SMILES string of the molecule is CCCc1ccc(C(=O)COC(=O)c2cc(OC)c(OC)c(OC)c2)cc1. The summed E-state index contributed by atoms with van der Waals surface area (Å²) in [6.45, 7) is 1.75. The van der Waals surface area contributed by atoms with Crippen molar-refractivity contribution in [2.24, 2.45) is 0 Å². The van der Waals surface area contributed by atoms with Gasteiger partial charge in [0.15, 0.2) is 23.9 Å². The zero-order valence-corrected chi connectivity index (χ0v) is 16.0. The molecule has 0 aliphatic heterocycles. The van der Waals surface area contributed by atoms with Gasteiger partial charge in [-0.05, 0) is 24.1 Å². The topological polar surface area (TPSA) is 71.1 Å². The maximum Gasteiger partial charge on any atom is 0.338 e. The van der Waals surface area contributed by atoms with Gasteiger partial charge in [0.25, 0.3) is 0 Å². The fraction of sp³-hybridized carbons (Fsp3) is 0.333. The van der Waals surface area contributed by atoms with Crippen molar-refractivity contribution in [1.82, 2.24) is 0 Å². The van der Waals surface area contributed by atoms with Crippen LogP contribution in [0.1, 0.15) is 39.6 Å². The molecular weight excluding hydrogens is 348 g/mol. The third-order valence-corrected chi connectivity index (χ3v) is 4.05. The van der Waals surface area contributed by atoms with E-state index >= 15 is 0 Å². The second-order valence-electron chi connectivity index (χ2n) is 5.86. The summed E-state index contributed by atoms with van der Waals surface area (Å²) in [6.07, 6.45) is 2.00. The molecule has 0 atom stereocenters. The molecule has 0 aliphatic rings. The Morgan fingerprint density at radius 2 is 1.44 bits per heavy atom. The van der Waals surface area contributed by atoms with Crippen LogP contribution in [0.15, 0.2) is 36.4 Å². The third-order valence-electron chi connectivity index (χ3n) is 4.05. The Balaban J connectivity index is 2.07. The van der Waals surface area contributed by atoms with Crippen LogP contribution in [0.2, 0.25) is 0 Å². The van der Waals surface area contributed by atoms with E-state index in [0.717, 1.165) is 12.8 Å². The third kappa shape index (κ3) is 5.00. The number of carbonyl (C=O) groups excluding carboxylic acids is 2. The molecule has 2 aromatic carbocycles. The Kier molecular flexibility index (Phi) is 7.23. The molecule has 0 heterocycles. The van der Waals surface area contributed by atoms with Gasteiger partial charge >= 0.3 is 5.97 Å². The summed E-state index contributed by atoms with van der Waals surface area (Å²) in [4.78, 5) is 24.6. The van der Waals surface area contributed by atoms with Gasteiger partial charge in [0.1, 0.15) is 0 Å². The van der Waals surface area contributed by atoms with E-state index in [1.165, 1.54) is 39.0 Å². The number of esters is 1. The lowest BCUT2D eigenvalue weighted by molar-refractivity contribution is 0.0474. The minimum Gasteiger partial charge on any atom is -0.493 e. The lowest BCUT2D eigenvalue weighted by Gasteiger charge is -2.13. The molecule has 0 fully saturated rings. The highest BCUT2D eigenvalue weighted by Crippen LogP contribution is 2.38. The number of hydrogen-bond acceptors (Lipinski definition) is 6. The highest BCUT2D eigenvalue weighted by Gasteiger charge is 2.19. The predicted molar refractivity (Wildman–Crippen MR) is 101 cm³/mol. The first kappa shape index (κ1) is 20.3. The number of aryl methyl sites for hydroxylation is 1. The van der Waals surface area contributed by atoms with Gasteiger partial charge in [0.2, 0.25) is 5.75 Å². The fourth-order valence-electron chi connectivity index (χ4n) is 2.64. The van der Waals surface area contributed by atoms with Crippen LogP contribution in [0.4, 0.5) is 0 Å². The molecular formula is C21H24O6. The van der Waals surface area contributed by atoms with Gasteiger partial charge < -0.3 is 18.9 Å². The Hall–Kier alpha value is -3.02. The van der Waals surface area contributed by atoms with E-state index in [-0.39, 0.29) is 18.0 Å². The number of Topliss-reactive ketones (excluding diaryl/α,β-unsaturated/α-hetero) is 1. The van der Waals surface area contributed by atoms with Crippen LogP contribution in [-0.4, -0.2) is 39.7 Å². The summed E-state index contributed by atoms with van der Waals surface area (Å²) in [5.74, 6) is 0.132. The van der Waals surface area contributed by atoms with Crippen molar-refractivity contribution < 1.29 is 28.5 Å². The average Bonchev–Trinajstić information content (AvgIpc) is 2.71. The summed E-state index contributed by atoms with van der Waals surface area (Å²) >= 11 is 0. The summed E-state index contributed by atoms with van der Waals surface area (Å²) in [7, 11) is 4.39. The van der Waals surface area contributed by atoms with E-state index < -0.39 is 5.97 Å². The Labute approximate surface area is 159 Å². The van der Waals surface area contributed by atoms with Gasteiger partial charge in [-0.15, -0.1) is 0 Å². The van der Waals surface area contributed by atoms with Gasteiger partial charge in [0, 0.05) is 5.56 Å². The molecule has 0 radical (unpaired) electrons. The molecule has 0 spiro atoms. The molecule has 144 valence electrons. The van der Waals surface area contributed by atoms with Crippen LogP contribution < -0.4 is 14.2 Å². The highest BCUT2D eigenvalue weighted by molar-refractivity contribution is 5.99. The zero-order valence-electron chi connectivity index (χ0n) is 16.0. The summed E-state index contributed by atoms with van der Waals surface area (Å²) in [5.41, 5.74) is 1.88. The van der Waals surface area contributed by atoms with Crippen molar-refractivity contribution in [3.05, 3.63) is 53.1 Å². The van der Waals surface area contributed by atoms with E-state index in [2.05, 4.69) is 6.92 Å². The zero-order chi connectivity index (χ0) is 19.8. The minimum atomic E-state index is -0.648. The molecule has 0 N–H and O–H groups in total. The van der Waals surface area contributed by atoms with Crippen LogP contribution in [0, 0.1) is 0 Å². The number of ether oxygens (including phenoxy) is 4. The van der Waals surface area contributed by atoms with E-state index in [9.17, 15) is 9.59 Å². The summed E-state index contributed by atoms with van der Waals surface area (Å²) in [5, 5.41) is 0. The number of rotatable bonds is 9. The standard InChI is InChI=1S/C21H24O6/c1-5-6-14-7-9-15(10-8-14)17(22)13-27-21(23)16-11-18(24-2)20(26-4)19(12-16)25-3/h7-12H,5-6,13H2,1-4H3. The molecule has 0 amide bonds. The second-order valence-corrected chi connectivity index (χ2v) is 5.86. The number of hydrogen-bond donors (Lipinski definition) is 0. The second kappa shape index (κ2) is 9.62. The van der Waals surface area contributed by atoms with Crippen molar-refractivity contribution in [2.75, 3.05) is 27.9 Å². The van der Waals surface area contributed by atoms with Crippen LogP contribution in [0.25, 0.3) is 0 Å². The van der Waals surface area contributed by atoms with Gasteiger partial charge in [-0.25, -0.2) is 4.79 Å². The molecule has 0 saturated heterocycles. The maximum absolute atomic E-state index is 12.3. The largest absolute Gasteiger partial charge is 0.493 e. The molecule has 0 unspecified atom stereocenters. The number of carbonyl (C=O) groups is 2. The molecule has 0 aromatic heterocycles. The van der Waals surface area contributed by atoms with Crippen molar-refractivity contribution in [3.8, 4) is 17.2 Å². The van der Waals surface area contributed by atoms with Crippen LogP contribution in [-0.2, 0) is 11.2 Å². The van der Waals surface area contributed by atoms with Gasteiger partial charge in [-0.1, -0.05) is 37.6 Å². The van der Waals surface area contributed by atoms with Crippen molar-refractivity contribution in [3.63, 3.8) is 0 Å². The highest BCUT2D eigenvalue weighted by atomic mass is 16.5. The first-order valence-corrected chi connectivity index (χ1v) is 8.63. The molecule has 6 nitrogen and oxygen atoms in total. The van der Waals surface area contributed by atoms with E-state index in [1.54, 1.807) is 12.1 Å². The van der Waals surface area contributed by atoms with E-state index in [4.69, 9.17) is 18.9 Å². The Morgan fingerprint density at radius 1 is 0.852 bits per heavy atom. The van der Waals surface area contributed by atoms with Crippen molar-refractivity contribution in [2.45, 2.75) is 19.8 Å². The maximum atomic E-state index is 12.3. The lowest BCUT2D eigenvalue weighted by Crippen LogP contribution is -2.14. The molecule has 2 aromatic rings. The fourth-order valence-corrected chi connectivity index (χ4v) is 2.64. The molecule has 0 saturated carbocycles. The summed E-state index contributed by atoms with van der Waals surface area (Å²) in [6, 6.07) is 10.3. The number of methoxy groups -OCH3 is 3. The first-order chi connectivity index (χ1) is 13.0. The van der Waals surface area contributed by atoms with E-state index in [0.29, 0.717) is 22.8 Å². The Bertz CT molecular complexity index is 770. The van der Waals surface area contributed by atoms with Gasteiger partial charge in [-0.2, -0.15) is 0 Å². The average molecular weight is 372 g/mol. The number of benzene rings is 2. The Morgan fingerprint density at radius 3 is 1.93 bits per heavy atom. The molecule has 2 rings (SSSR count). The molecule has 0 aliphatic carbocycles. The molecule has 6 heteroatoms. The van der Waals surface area contributed by atoms with Crippen molar-refractivity contribution >= 4 is 11.8 Å². The minimum absolute atomic E-state index is 0.204. The van der Waals surface area contributed by atoms with Gasteiger partial charge in [-0.3, -0.25) is 4.79 Å². The van der Waals surface area contributed by atoms with Gasteiger partial charge in [0.05, 0.1) is 26.9 Å². The summed E-state index contributed by atoms with van der Waals surface area (Å²) < 4.78 is 20.8. The lowest BCUT2D eigenvalue weighted by atomic mass is 10.1. The van der Waals surface area contributed by atoms with Crippen LogP contribution >= 0.6 is 0 Å². The van der Waals surface area contributed by atoms with Crippen LogP contribution in [0.3, 0.4) is 0 Å². The molecule has 27 heavy (non-hydrogen) atoms. The van der Waals surface area contributed by atoms with Crippen LogP contribution in [0.5, 0.6) is 17.2 Å². The molecule has 0 bridgehead atoms. The number of ketones is 1. The predicted octanol–water partition coefficient (Wildman–Crippen LogP) is 3.70. The smallest absolute Gasteiger partial charge is 0.338 e. The van der Waals surface area contributed by atoms with Crippen molar-refractivity contribution in [1.29, 1.82) is 0 Å². The van der Waals surface area contributed by atoms with E-state index in [1.807, 2.05) is 12.1 Å².